The smallest absolute Gasteiger partial charge is 0.243 e. The summed E-state index contributed by atoms with van der Waals surface area (Å²) in [6, 6.07) is 9.34. The highest BCUT2D eigenvalue weighted by molar-refractivity contribution is 6.33. The summed E-state index contributed by atoms with van der Waals surface area (Å²) in [5.74, 6) is 0.804. The molecule has 0 saturated carbocycles. The van der Waals surface area contributed by atoms with Gasteiger partial charge in [0.1, 0.15) is 17.4 Å². The molecule has 3 heterocycles. The second-order valence-corrected chi connectivity index (χ2v) is 7.50. The second-order valence-electron chi connectivity index (χ2n) is 7.09. The first kappa shape index (κ1) is 18.7. The number of hydrazine groups is 1. The molecule has 7 nitrogen and oxygen atoms in total. The van der Waals surface area contributed by atoms with Crippen molar-refractivity contribution >= 4 is 34.2 Å². The molecule has 0 spiro atoms. The highest BCUT2D eigenvalue weighted by Crippen LogP contribution is 2.32. The van der Waals surface area contributed by atoms with Gasteiger partial charge < -0.3 is 15.0 Å². The van der Waals surface area contributed by atoms with E-state index in [4.69, 9.17) is 16.3 Å². The average molecular weight is 400 g/mol. The normalized spacial score (nSPS) is 21.8. The topological polar surface area (TPSA) is 91.1 Å². The Labute approximate surface area is 167 Å². The van der Waals surface area contributed by atoms with Gasteiger partial charge in [0.15, 0.2) is 0 Å². The molecule has 3 aromatic rings. The number of hydrogen-bond donors (Lipinski definition) is 4. The van der Waals surface area contributed by atoms with Gasteiger partial charge in [-0.3, -0.25) is 10.2 Å². The largest absolute Gasteiger partial charge is 0.497 e. The Balaban J connectivity index is 1.58. The van der Waals surface area contributed by atoms with Gasteiger partial charge in [-0.15, -0.1) is 0 Å². The number of fused-ring (bicyclic) bond motifs is 1. The molecular formula is C20H22ClN5O2. The number of carbonyl (C=O) groups is 1. The fraction of sp³-hybridized carbons (Fsp3) is 0.300. The fourth-order valence-electron chi connectivity index (χ4n) is 3.37. The van der Waals surface area contributed by atoms with Crippen molar-refractivity contribution in [1.82, 2.24) is 20.8 Å². The molecule has 1 aliphatic rings. The van der Waals surface area contributed by atoms with Gasteiger partial charge in [-0.1, -0.05) is 18.5 Å². The van der Waals surface area contributed by atoms with Crippen molar-refractivity contribution in [3.05, 3.63) is 41.6 Å². The van der Waals surface area contributed by atoms with Crippen LogP contribution in [0.2, 0.25) is 5.02 Å². The first-order valence-electron chi connectivity index (χ1n) is 9.11. The first-order valence-corrected chi connectivity index (χ1v) is 9.48. The van der Waals surface area contributed by atoms with Crippen LogP contribution in [0.3, 0.4) is 0 Å². The van der Waals surface area contributed by atoms with Crippen LogP contribution in [0.1, 0.15) is 13.8 Å². The number of ether oxygens (including phenoxy) is 1. The zero-order chi connectivity index (χ0) is 19.8. The van der Waals surface area contributed by atoms with Crippen LogP contribution in [-0.2, 0) is 4.79 Å². The zero-order valence-corrected chi connectivity index (χ0v) is 16.6. The van der Waals surface area contributed by atoms with Gasteiger partial charge in [-0.05, 0) is 43.2 Å². The highest BCUT2D eigenvalue weighted by atomic mass is 35.5. The Kier molecular flexibility index (Phi) is 4.97. The van der Waals surface area contributed by atoms with E-state index in [-0.39, 0.29) is 23.9 Å². The van der Waals surface area contributed by atoms with E-state index < -0.39 is 0 Å². The highest BCUT2D eigenvalue weighted by Gasteiger charge is 2.34. The quantitative estimate of drug-likeness (QED) is 0.540. The molecule has 1 fully saturated rings. The molecule has 8 heteroatoms. The third kappa shape index (κ3) is 3.44. The van der Waals surface area contributed by atoms with E-state index in [0.717, 1.165) is 22.3 Å². The molecule has 4 N–H and O–H groups in total. The molecular weight excluding hydrogens is 378 g/mol. The average Bonchev–Trinajstić information content (AvgIpc) is 3.24. The van der Waals surface area contributed by atoms with Crippen LogP contribution in [-0.4, -0.2) is 35.1 Å². The molecule has 1 amide bonds. The maximum Gasteiger partial charge on any atom is 0.243 e. The number of benzene rings is 1. The zero-order valence-electron chi connectivity index (χ0n) is 15.8. The molecule has 1 saturated heterocycles. The Bertz CT molecular complexity index is 1030. The van der Waals surface area contributed by atoms with Crippen LogP contribution in [0.25, 0.3) is 22.3 Å². The molecule has 3 atom stereocenters. The summed E-state index contributed by atoms with van der Waals surface area (Å²) in [7, 11) is 1.60. The molecule has 3 unspecified atom stereocenters. The van der Waals surface area contributed by atoms with Crippen molar-refractivity contribution in [2.45, 2.75) is 25.9 Å². The molecule has 1 aliphatic heterocycles. The summed E-state index contributed by atoms with van der Waals surface area (Å²) in [5, 5.41) is 4.42. The van der Waals surface area contributed by atoms with Crippen LogP contribution in [0.5, 0.6) is 5.75 Å². The number of nitrogens with one attached hydrogen (secondary N) is 4. The lowest BCUT2D eigenvalue weighted by atomic mass is 9.97. The summed E-state index contributed by atoms with van der Waals surface area (Å²) in [5.41, 5.74) is 9.22. The maximum absolute atomic E-state index is 12.6. The molecule has 4 rings (SSSR count). The number of H-pyrrole nitrogens is 1. The van der Waals surface area contributed by atoms with Crippen LogP contribution in [0.15, 0.2) is 36.5 Å². The standard InChI is InChI=1S/C20H22ClN5O2/c1-10-11(2)25-26-18(10)20(27)23-13-6-12-7-17(24-19(12)22-9-13)15-5-4-14(28-3)8-16(15)21/h4-11,18,25-26H,1-3H3,(H,22,24)(H,23,27). The summed E-state index contributed by atoms with van der Waals surface area (Å²) in [4.78, 5) is 20.3. The van der Waals surface area contributed by atoms with Crippen LogP contribution in [0.4, 0.5) is 5.69 Å². The van der Waals surface area contributed by atoms with Gasteiger partial charge in [0.25, 0.3) is 0 Å². The summed E-state index contributed by atoms with van der Waals surface area (Å²) < 4.78 is 5.20. The second kappa shape index (κ2) is 7.43. The van der Waals surface area contributed by atoms with Crippen molar-refractivity contribution in [2.24, 2.45) is 5.92 Å². The number of aromatic nitrogens is 2. The Morgan fingerprint density at radius 3 is 2.71 bits per heavy atom. The lowest BCUT2D eigenvalue weighted by Crippen LogP contribution is -2.41. The van der Waals surface area contributed by atoms with Crippen molar-refractivity contribution in [2.75, 3.05) is 12.4 Å². The van der Waals surface area contributed by atoms with Gasteiger partial charge in [-0.2, -0.15) is 0 Å². The van der Waals surface area contributed by atoms with Crippen molar-refractivity contribution < 1.29 is 9.53 Å². The van der Waals surface area contributed by atoms with Crippen LogP contribution >= 0.6 is 11.6 Å². The Morgan fingerprint density at radius 2 is 2.04 bits per heavy atom. The Morgan fingerprint density at radius 1 is 1.21 bits per heavy atom. The summed E-state index contributed by atoms with van der Waals surface area (Å²) in [6.07, 6.45) is 1.65. The number of rotatable bonds is 4. The molecule has 0 radical (unpaired) electrons. The van der Waals surface area contributed by atoms with E-state index in [1.165, 1.54) is 0 Å². The number of hydrogen-bond acceptors (Lipinski definition) is 5. The molecule has 1 aromatic carbocycles. The van der Waals surface area contributed by atoms with Gasteiger partial charge in [-0.25, -0.2) is 10.4 Å². The predicted octanol–water partition coefficient (Wildman–Crippen LogP) is 3.33. The van der Waals surface area contributed by atoms with E-state index in [1.54, 1.807) is 19.4 Å². The van der Waals surface area contributed by atoms with Crippen molar-refractivity contribution in [1.29, 1.82) is 0 Å². The third-order valence-electron chi connectivity index (χ3n) is 5.27. The lowest BCUT2D eigenvalue weighted by Gasteiger charge is -2.15. The van der Waals surface area contributed by atoms with Crippen molar-refractivity contribution in [3.8, 4) is 17.0 Å². The first-order chi connectivity index (χ1) is 13.5. The fourth-order valence-corrected chi connectivity index (χ4v) is 3.64. The SMILES string of the molecule is COc1ccc(-c2cc3cc(NC(=O)C4NNC(C)C4C)cnc3[nH]2)c(Cl)c1. The molecule has 28 heavy (non-hydrogen) atoms. The number of methoxy groups -OCH3 is 1. The van der Waals surface area contributed by atoms with E-state index in [9.17, 15) is 4.79 Å². The van der Waals surface area contributed by atoms with Gasteiger partial charge in [0.2, 0.25) is 5.91 Å². The van der Waals surface area contributed by atoms with Gasteiger partial charge in [0, 0.05) is 22.7 Å². The van der Waals surface area contributed by atoms with E-state index in [2.05, 4.69) is 26.1 Å². The number of anilines is 1. The maximum atomic E-state index is 12.6. The third-order valence-corrected chi connectivity index (χ3v) is 5.58. The predicted molar refractivity (Wildman–Crippen MR) is 110 cm³/mol. The summed E-state index contributed by atoms with van der Waals surface area (Å²) >= 11 is 6.38. The van der Waals surface area contributed by atoms with E-state index >= 15 is 0 Å². The minimum absolute atomic E-state index is 0.0838. The Hall–Kier alpha value is -2.61. The van der Waals surface area contributed by atoms with Crippen LogP contribution < -0.4 is 20.9 Å². The molecule has 0 bridgehead atoms. The van der Waals surface area contributed by atoms with E-state index in [1.807, 2.05) is 38.1 Å². The number of carbonyl (C=O) groups excluding carboxylic acids is 1. The number of amides is 1. The minimum atomic E-state index is -0.286. The number of aromatic amines is 1. The molecule has 0 aliphatic carbocycles. The monoisotopic (exact) mass is 399 g/mol. The minimum Gasteiger partial charge on any atom is -0.497 e. The molecule has 2 aromatic heterocycles. The lowest BCUT2D eigenvalue weighted by molar-refractivity contribution is -0.118. The van der Waals surface area contributed by atoms with Gasteiger partial charge in [0.05, 0.1) is 24.0 Å². The number of halogens is 1. The molecule has 146 valence electrons. The van der Waals surface area contributed by atoms with Crippen LogP contribution in [0, 0.1) is 5.92 Å². The summed E-state index contributed by atoms with van der Waals surface area (Å²) in [6.45, 7) is 4.09. The van der Waals surface area contributed by atoms with Crippen molar-refractivity contribution in [3.63, 3.8) is 0 Å². The van der Waals surface area contributed by atoms with Gasteiger partial charge >= 0.3 is 0 Å². The van der Waals surface area contributed by atoms with E-state index in [0.29, 0.717) is 16.5 Å². The number of pyridine rings is 1. The number of nitrogens with zero attached hydrogens (tertiary/aromatic N) is 1.